The van der Waals surface area contributed by atoms with E-state index < -0.39 is 18.0 Å². The van der Waals surface area contributed by atoms with E-state index in [1.807, 2.05) is 37.3 Å². The van der Waals surface area contributed by atoms with Crippen LogP contribution in [0.3, 0.4) is 0 Å². The summed E-state index contributed by atoms with van der Waals surface area (Å²) in [6, 6.07) is 10.9. The van der Waals surface area contributed by atoms with Gasteiger partial charge in [-0.15, -0.1) is 0 Å². The number of benzene rings is 1. The first-order valence-electron chi connectivity index (χ1n) is 10.3. The lowest BCUT2D eigenvalue weighted by molar-refractivity contribution is -0.117. The van der Waals surface area contributed by atoms with E-state index in [-0.39, 0.29) is 5.56 Å². The van der Waals surface area contributed by atoms with Crippen LogP contribution in [-0.2, 0) is 4.79 Å². The molecule has 2 amide bonds. The lowest BCUT2D eigenvalue weighted by atomic mass is 10.00. The van der Waals surface area contributed by atoms with Crippen molar-refractivity contribution in [3.63, 3.8) is 0 Å². The van der Waals surface area contributed by atoms with Crippen molar-refractivity contribution in [3.8, 4) is 11.3 Å². The zero-order valence-corrected chi connectivity index (χ0v) is 17.9. The quantitative estimate of drug-likeness (QED) is 0.510. The number of para-hydroxylation sites is 1. The molecule has 1 atom stereocenters. The van der Waals surface area contributed by atoms with Gasteiger partial charge in [-0.3, -0.25) is 19.7 Å². The number of pyridine rings is 1. The lowest BCUT2D eigenvalue weighted by Crippen LogP contribution is -2.42. The first-order valence-corrected chi connectivity index (χ1v) is 10.3. The number of rotatable bonds is 6. The van der Waals surface area contributed by atoms with Crippen LogP contribution in [0.4, 0.5) is 5.69 Å². The molecule has 8 heteroatoms. The molecule has 0 aliphatic carbocycles. The summed E-state index contributed by atoms with van der Waals surface area (Å²) >= 11 is 0. The van der Waals surface area contributed by atoms with Gasteiger partial charge >= 0.3 is 0 Å². The second-order valence-electron chi connectivity index (χ2n) is 7.12. The van der Waals surface area contributed by atoms with Crippen molar-refractivity contribution in [2.45, 2.75) is 13.1 Å². The van der Waals surface area contributed by atoms with E-state index >= 15 is 0 Å². The number of hydrogen-bond acceptors (Lipinski definition) is 5. The largest absolute Gasteiger partial charge is 0.322 e. The predicted octanol–water partition coefficient (Wildman–Crippen LogP) is 3.66. The van der Waals surface area contributed by atoms with Crippen LogP contribution in [-0.4, -0.2) is 38.9 Å². The normalized spacial score (nSPS) is 15.9. The minimum atomic E-state index is -1.15. The van der Waals surface area contributed by atoms with E-state index in [2.05, 4.69) is 37.4 Å². The number of fused-ring (bicyclic) bond motifs is 1. The second-order valence-corrected chi connectivity index (χ2v) is 7.12. The van der Waals surface area contributed by atoms with Gasteiger partial charge < -0.3 is 10.6 Å². The van der Waals surface area contributed by atoms with Gasteiger partial charge in [0.2, 0.25) is 6.17 Å². The molecule has 4 rings (SSSR count). The van der Waals surface area contributed by atoms with Crippen LogP contribution in [0.25, 0.3) is 11.3 Å². The number of carbonyl (C=O) groups is 2. The predicted molar refractivity (Wildman–Crippen MR) is 128 cm³/mol. The van der Waals surface area contributed by atoms with Crippen molar-refractivity contribution >= 4 is 23.2 Å². The summed E-state index contributed by atoms with van der Waals surface area (Å²) < 4.78 is 0. The summed E-state index contributed by atoms with van der Waals surface area (Å²) in [5, 5.41) is 12.5. The third-order valence-electron chi connectivity index (χ3n) is 5.03. The van der Waals surface area contributed by atoms with Crippen LogP contribution in [0.1, 0.15) is 22.8 Å². The van der Waals surface area contributed by atoms with E-state index in [1.165, 1.54) is 6.20 Å². The number of nitrogens with one attached hydrogen (secondary N) is 3. The van der Waals surface area contributed by atoms with Crippen LogP contribution in [0.2, 0.25) is 0 Å². The number of carbonyl (C=O) groups excluding carboxylic acids is 2. The smallest absolute Gasteiger partial charge is 0.269 e. The molecule has 3 N–H and O–H groups in total. The Labute approximate surface area is 190 Å². The van der Waals surface area contributed by atoms with E-state index in [4.69, 9.17) is 0 Å². The maximum Gasteiger partial charge on any atom is 0.269 e. The first-order chi connectivity index (χ1) is 16.1. The number of H-pyrrole nitrogens is 1. The Morgan fingerprint density at radius 1 is 1.21 bits per heavy atom. The fourth-order valence-corrected chi connectivity index (χ4v) is 3.46. The molecule has 0 saturated carbocycles. The van der Waals surface area contributed by atoms with E-state index in [0.29, 0.717) is 22.7 Å². The number of nitrogens with zero attached hydrogens (tertiary/aromatic N) is 3. The molecule has 3 aromatic rings. The highest BCUT2D eigenvalue weighted by Gasteiger charge is 2.28. The van der Waals surface area contributed by atoms with Gasteiger partial charge in [0, 0.05) is 29.7 Å². The van der Waals surface area contributed by atoms with E-state index in [1.54, 1.807) is 42.7 Å². The van der Waals surface area contributed by atoms with Gasteiger partial charge in [-0.05, 0) is 30.7 Å². The number of aromatic amines is 1. The highest BCUT2D eigenvalue weighted by atomic mass is 16.2. The molecule has 1 aromatic carbocycles. The topological polar surface area (TPSA) is 112 Å². The van der Waals surface area contributed by atoms with Crippen molar-refractivity contribution < 1.29 is 9.59 Å². The molecular formula is C25H22N6O2. The average Bonchev–Trinajstić information content (AvgIpc) is 3.29. The maximum absolute atomic E-state index is 13.1. The molecule has 0 fully saturated rings. The highest BCUT2D eigenvalue weighted by Crippen LogP contribution is 2.25. The molecule has 0 unspecified atom stereocenters. The molecular weight excluding hydrogens is 416 g/mol. The van der Waals surface area contributed by atoms with Gasteiger partial charge in [-0.2, -0.15) is 5.10 Å². The summed E-state index contributed by atoms with van der Waals surface area (Å²) in [5.74, 6) is -0.930. The number of anilines is 1. The Morgan fingerprint density at radius 3 is 2.82 bits per heavy atom. The lowest BCUT2D eigenvalue weighted by Gasteiger charge is -2.13. The van der Waals surface area contributed by atoms with Gasteiger partial charge in [-0.25, -0.2) is 4.99 Å². The third-order valence-corrected chi connectivity index (χ3v) is 5.03. The molecule has 0 bridgehead atoms. The average molecular weight is 438 g/mol. The van der Waals surface area contributed by atoms with Crippen LogP contribution < -0.4 is 10.6 Å². The summed E-state index contributed by atoms with van der Waals surface area (Å²) in [6.07, 6.45) is 10.8. The molecule has 164 valence electrons. The Balaban J connectivity index is 1.71. The minimum absolute atomic E-state index is 0.284. The second kappa shape index (κ2) is 9.69. The fourth-order valence-electron chi connectivity index (χ4n) is 3.46. The Morgan fingerprint density at radius 2 is 2.06 bits per heavy atom. The van der Waals surface area contributed by atoms with Crippen molar-refractivity contribution in [1.29, 1.82) is 0 Å². The van der Waals surface area contributed by atoms with Crippen LogP contribution >= 0.6 is 0 Å². The number of amides is 2. The van der Waals surface area contributed by atoms with Gasteiger partial charge in [0.25, 0.3) is 11.8 Å². The summed E-state index contributed by atoms with van der Waals surface area (Å²) in [5.41, 5.74) is 4.13. The summed E-state index contributed by atoms with van der Waals surface area (Å²) in [7, 11) is 0. The molecule has 0 spiro atoms. The van der Waals surface area contributed by atoms with Crippen LogP contribution in [0, 0.1) is 0 Å². The molecule has 0 saturated heterocycles. The molecule has 1 aliphatic heterocycles. The Bertz CT molecular complexity index is 1290. The molecule has 1 aliphatic rings. The first kappa shape index (κ1) is 21.6. The monoisotopic (exact) mass is 438 g/mol. The highest BCUT2D eigenvalue weighted by molar-refractivity contribution is 6.21. The molecule has 3 heterocycles. The van der Waals surface area contributed by atoms with Gasteiger partial charge in [0.1, 0.15) is 5.69 Å². The van der Waals surface area contributed by atoms with Crippen molar-refractivity contribution in [2.24, 2.45) is 4.99 Å². The number of aliphatic imine (C=N–C) groups is 1. The van der Waals surface area contributed by atoms with Crippen LogP contribution in [0.5, 0.6) is 0 Å². The van der Waals surface area contributed by atoms with Crippen LogP contribution in [0.15, 0.2) is 96.4 Å². The maximum atomic E-state index is 13.1. The zero-order valence-electron chi connectivity index (χ0n) is 17.9. The van der Waals surface area contributed by atoms with Crippen molar-refractivity contribution in [1.82, 2.24) is 20.5 Å². The number of benzodiazepines with no additional fused rings is 1. The minimum Gasteiger partial charge on any atom is -0.322 e. The van der Waals surface area contributed by atoms with Crippen molar-refractivity contribution in [3.05, 3.63) is 103 Å². The fraction of sp³-hybridized carbons (Fsp3) is 0.0800. The Kier molecular flexibility index (Phi) is 6.36. The standard InChI is InChI=1S/C25H22N6O2/c1-3-5-9-16(4-2)21-18-11-6-7-12-20(18)28-25(33)23(29-21)30-24(32)19-15-27-31-22(19)17-10-8-13-26-14-17/h3-15,23H,1H2,2H3,(H,27,31)(H,28,33)(H,30,32)/b9-5-,16-4+/t23-/m1/s1. The zero-order chi connectivity index (χ0) is 23.2. The van der Waals surface area contributed by atoms with Crippen molar-refractivity contribution in [2.75, 3.05) is 5.32 Å². The van der Waals surface area contributed by atoms with E-state index in [9.17, 15) is 9.59 Å². The molecule has 0 radical (unpaired) electrons. The van der Waals surface area contributed by atoms with Gasteiger partial charge in [0.05, 0.1) is 17.0 Å². The molecule has 33 heavy (non-hydrogen) atoms. The number of hydrogen-bond donors (Lipinski definition) is 3. The third kappa shape index (κ3) is 4.54. The molecule has 8 nitrogen and oxygen atoms in total. The van der Waals surface area contributed by atoms with Gasteiger partial charge in [0.15, 0.2) is 0 Å². The number of allylic oxidation sites excluding steroid dienone is 5. The SMILES string of the molecule is C=C/C=C\C(=C/C)C1=N[C@H](NC(=O)c2c[nH]nc2-c2cccnc2)C(=O)Nc2ccccc21. The Hall–Kier alpha value is -4.59. The summed E-state index contributed by atoms with van der Waals surface area (Å²) in [6.45, 7) is 5.59. The number of aromatic nitrogens is 3. The van der Waals surface area contributed by atoms with Gasteiger partial charge in [-0.1, -0.05) is 49.1 Å². The summed E-state index contributed by atoms with van der Waals surface area (Å²) in [4.78, 5) is 34.8. The van der Waals surface area contributed by atoms with E-state index in [0.717, 1.165) is 11.1 Å². The molecule has 2 aromatic heterocycles.